The highest BCUT2D eigenvalue weighted by molar-refractivity contribution is 4.81. The summed E-state index contributed by atoms with van der Waals surface area (Å²) in [7, 11) is 0. The van der Waals surface area contributed by atoms with E-state index in [1.165, 1.54) is 0 Å². The van der Waals surface area contributed by atoms with Gasteiger partial charge in [-0.2, -0.15) is 0 Å². The molecule has 5 nitrogen and oxygen atoms in total. The van der Waals surface area contributed by atoms with Crippen molar-refractivity contribution in [3.05, 3.63) is 11.8 Å². The van der Waals surface area contributed by atoms with Crippen molar-refractivity contribution in [2.75, 3.05) is 32.7 Å². The smallest absolute Gasteiger partial charge is 0.217 e. The lowest BCUT2D eigenvalue weighted by atomic mass is 10.3. The molecule has 78 valence electrons. The predicted molar refractivity (Wildman–Crippen MR) is 52.0 cm³/mol. The molecule has 1 N–H and O–H groups in total. The number of rotatable bonds is 3. The number of hydrogen-bond donors (Lipinski definition) is 1. The highest BCUT2D eigenvalue weighted by Crippen LogP contribution is 2.01. The average molecular weight is 196 g/mol. The van der Waals surface area contributed by atoms with Gasteiger partial charge in [0.15, 0.2) is 0 Å². The second-order valence-corrected chi connectivity index (χ2v) is 3.56. The van der Waals surface area contributed by atoms with Crippen LogP contribution in [0, 0.1) is 6.92 Å². The molecule has 1 fully saturated rings. The van der Waals surface area contributed by atoms with Crippen LogP contribution in [0.2, 0.25) is 0 Å². The van der Waals surface area contributed by atoms with Gasteiger partial charge < -0.3 is 14.6 Å². The van der Waals surface area contributed by atoms with Crippen LogP contribution in [-0.4, -0.2) is 47.8 Å². The minimum absolute atomic E-state index is 0.653. The van der Waals surface area contributed by atoms with Crippen LogP contribution in [0.25, 0.3) is 0 Å². The van der Waals surface area contributed by atoms with E-state index >= 15 is 0 Å². The van der Waals surface area contributed by atoms with Gasteiger partial charge in [-0.3, -0.25) is 0 Å². The summed E-state index contributed by atoms with van der Waals surface area (Å²) in [5, 5.41) is 11.1. The van der Waals surface area contributed by atoms with Crippen LogP contribution in [0.3, 0.4) is 0 Å². The Morgan fingerprint density at radius 3 is 2.79 bits per heavy atom. The van der Waals surface area contributed by atoms with E-state index in [-0.39, 0.29) is 0 Å². The lowest BCUT2D eigenvalue weighted by Crippen LogP contribution is -2.44. The highest BCUT2D eigenvalue weighted by Gasteiger charge is 2.10. The molecule has 0 saturated carbocycles. The second kappa shape index (κ2) is 4.52. The third kappa shape index (κ3) is 2.52. The third-order valence-electron chi connectivity index (χ3n) is 2.42. The van der Waals surface area contributed by atoms with E-state index in [1.54, 1.807) is 0 Å². The average Bonchev–Trinajstić information content (AvgIpc) is 2.63. The summed E-state index contributed by atoms with van der Waals surface area (Å²) in [6, 6.07) is 0. The van der Waals surface area contributed by atoms with Crippen molar-refractivity contribution in [2.24, 2.45) is 0 Å². The summed E-state index contributed by atoms with van der Waals surface area (Å²) < 4.78 is 5.31. The third-order valence-corrected chi connectivity index (χ3v) is 2.42. The fourth-order valence-corrected chi connectivity index (χ4v) is 1.63. The monoisotopic (exact) mass is 196 g/mol. The molecule has 0 bridgehead atoms. The summed E-state index contributed by atoms with van der Waals surface area (Å²) in [6.45, 7) is 7.25. The molecule has 14 heavy (non-hydrogen) atoms. The Labute approximate surface area is 83.5 Å². The van der Waals surface area contributed by atoms with Crippen LogP contribution in [0.15, 0.2) is 4.42 Å². The van der Waals surface area contributed by atoms with E-state index in [4.69, 9.17) is 4.42 Å². The molecular weight excluding hydrogens is 180 g/mol. The molecule has 2 rings (SSSR count). The fourth-order valence-electron chi connectivity index (χ4n) is 1.63. The van der Waals surface area contributed by atoms with Gasteiger partial charge >= 0.3 is 0 Å². The minimum atomic E-state index is 0.653. The molecule has 0 aliphatic carbocycles. The SMILES string of the molecule is Cc1nnc(CCN2CCNCC2)o1. The van der Waals surface area contributed by atoms with Crippen LogP contribution in [0.4, 0.5) is 0 Å². The van der Waals surface area contributed by atoms with E-state index in [0.717, 1.165) is 45.0 Å². The predicted octanol–water partition coefficient (Wildman–Crippen LogP) is -0.174. The molecule has 0 spiro atoms. The summed E-state index contributed by atoms with van der Waals surface area (Å²) in [5.74, 6) is 1.40. The van der Waals surface area contributed by atoms with Crippen molar-refractivity contribution in [2.45, 2.75) is 13.3 Å². The number of aromatic nitrogens is 2. The number of aryl methyl sites for hydroxylation is 1. The maximum atomic E-state index is 5.31. The minimum Gasteiger partial charge on any atom is -0.426 e. The first-order valence-electron chi connectivity index (χ1n) is 5.06. The maximum Gasteiger partial charge on any atom is 0.217 e. The Hall–Kier alpha value is -0.940. The van der Waals surface area contributed by atoms with E-state index in [2.05, 4.69) is 20.4 Å². The Bertz CT molecular complexity index is 280. The Morgan fingerprint density at radius 1 is 1.36 bits per heavy atom. The summed E-state index contributed by atoms with van der Waals surface area (Å²) in [5.41, 5.74) is 0. The van der Waals surface area contributed by atoms with Gasteiger partial charge in [0.25, 0.3) is 0 Å². The van der Waals surface area contributed by atoms with E-state index in [9.17, 15) is 0 Å². The Kier molecular flexibility index (Phi) is 3.10. The van der Waals surface area contributed by atoms with Gasteiger partial charge in [-0.05, 0) is 0 Å². The van der Waals surface area contributed by atoms with Gasteiger partial charge in [0.05, 0.1) is 0 Å². The van der Waals surface area contributed by atoms with Crippen LogP contribution < -0.4 is 5.32 Å². The van der Waals surface area contributed by atoms with E-state index in [0.29, 0.717) is 5.89 Å². The van der Waals surface area contributed by atoms with Gasteiger partial charge in [-0.1, -0.05) is 0 Å². The number of nitrogens with zero attached hydrogens (tertiary/aromatic N) is 3. The fraction of sp³-hybridized carbons (Fsp3) is 0.778. The molecule has 0 radical (unpaired) electrons. The molecule has 1 aromatic heterocycles. The van der Waals surface area contributed by atoms with Gasteiger partial charge in [0.2, 0.25) is 11.8 Å². The molecule has 0 aromatic carbocycles. The van der Waals surface area contributed by atoms with Crippen molar-refractivity contribution in [3.8, 4) is 0 Å². The number of piperazine rings is 1. The number of hydrogen-bond acceptors (Lipinski definition) is 5. The van der Waals surface area contributed by atoms with Crippen LogP contribution in [0.1, 0.15) is 11.8 Å². The normalized spacial score (nSPS) is 18.6. The molecular formula is C9H16N4O. The molecule has 0 unspecified atom stereocenters. The summed E-state index contributed by atoms with van der Waals surface area (Å²) >= 11 is 0. The van der Waals surface area contributed by atoms with Crippen LogP contribution in [0.5, 0.6) is 0 Å². The van der Waals surface area contributed by atoms with Crippen molar-refractivity contribution >= 4 is 0 Å². The summed E-state index contributed by atoms with van der Waals surface area (Å²) in [4.78, 5) is 2.41. The molecule has 2 heterocycles. The van der Waals surface area contributed by atoms with Gasteiger partial charge in [-0.25, -0.2) is 0 Å². The molecule has 1 aromatic rings. The van der Waals surface area contributed by atoms with Crippen molar-refractivity contribution in [3.63, 3.8) is 0 Å². The molecule has 1 aliphatic heterocycles. The zero-order chi connectivity index (χ0) is 9.80. The van der Waals surface area contributed by atoms with Gasteiger partial charge in [0, 0.05) is 46.1 Å². The maximum absolute atomic E-state index is 5.31. The Balaban J connectivity index is 1.76. The van der Waals surface area contributed by atoms with Crippen molar-refractivity contribution in [1.29, 1.82) is 0 Å². The van der Waals surface area contributed by atoms with Gasteiger partial charge in [0.1, 0.15) is 0 Å². The van der Waals surface area contributed by atoms with Crippen LogP contribution >= 0.6 is 0 Å². The molecule has 0 atom stereocenters. The van der Waals surface area contributed by atoms with E-state index < -0.39 is 0 Å². The Morgan fingerprint density at radius 2 is 2.14 bits per heavy atom. The first-order valence-corrected chi connectivity index (χ1v) is 5.06. The molecule has 1 saturated heterocycles. The highest BCUT2D eigenvalue weighted by atomic mass is 16.4. The van der Waals surface area contributed by atoms with Crippen molar-refractivity contribution < 1.29 is 4.42 Å². The number of nitrogens with one attached hydrogen (secondary N) is 1. The van der Waals surface area contributed by atoms with Crippen molar-refractivity contribution in [1.82, 2.24) is 20.4 Å². The molecule has 0 amide bonds. The zero-order valence-corrected chi connectivity index (χ0v) is 8.49. The zero-order valence-electron chi connectivity index (χ0n) is 8.49. The lowest BCUT2D eigenvalue weighted by molar-refractivity contribution is 0.237. The first kappa shape index (κ1) is 9.61. The standard InChI is InChI=1S/C9H16N4O/c1-8-11-12-9(14-8)2-5-13-6-3-10-4-7-13/h10H,2-7H2,1H3. The second-order valence-electron chi connectivity index (χ2n) is 3.56. The summed E-state index contributed by atoms with van der Waals surface area (Å²) in [6.07, 6.45) is 0.862. The molecule has 1 aliphatic rings. The first-order chi connectivity index (χ1) is 6.84. The quantitative estimate of drug-likeness (QED) is 0.727. The van der Waals surface area contributed by atoms with Crippen LogP contribution in [-0.2, 0) is 6.42 Å². The molecule has 5 heteroatoms. The van der Waals surface area contributed by atoms with Gasteiger partial charge in [-0.15, -0.1) is 10.2 Å². The topological polar surface area (TPSA) is 54.2 Å². The lowest BCUT2D eigenvalue weighted by Gasteiger charge is -2.26. The largest absolute Gasteiger partial charge is 0.426 e. The van der Waals surface area contributed by atoms with E-state index in [1.807, 2.05) is 6.92 Å².